The van der Waals surface area contributed by atoms with Crippen molar-refractivity contribution in [2.75, 3.05) is 32.8 Å². The molecule has 0 aromatic carbocycles. The van der Waals surface area contributed by atoms with E-state index in [0.29, 0.717) is 6.10 Å². The Hall–Kier alpha value is -0.120. The number of hydrogen-bond acceptors (Lipinski definition) is 3. The van der Waals surface area contributed by atoms with Gasteiger partial charge >= 0.3 is 0 Å². The molecule has 0 aliphatic carbocycles. The molecule has 0 saturated carbocycles. The fraction of sp³-hybridized carbons (Fsp3) is 1.00. The van der Waals surface area contributed by atoms with Gasteiger partial charge in [0.1, 0.15) is 0 Å². The summed E-state index contributed by atoms with van der Waals surface area (Å²) in [5.74, 6) is 0. The molecule has 2 aliphatic rings. The molecule has 2 unspecified atom stereocenters. The highest BCUT2D eigenvalue weighted by atomic mass is 16.5. The quantitative estimate of drug-likeness (QED) is 0.788. The van der Waals surface area contributed by atoms with Crippen LogP contribution >= 0.6 is 0 Å². The van der Waals surface area contributed by atoms with E-state index in [2.05, 4.69) is 17.1 Å². The molecular weight excluding hydrogens is 224 g/mol. The van der Waals surface area contributed by atoms with Crippen LogP contribution in [0.2, 0.25) is 0 Å². The largest absolute Gasteiger partial charge is 0.377 e. The predicted octanol–water partition coefficient (Wildman–Crippen LogP) is 2.41. The topological polar surface area (TPSA) is 24.5 Å². The van der Waals surface area contributed by atoms with E-state index in [-0.39, 0.29) is 0 Å². The molecule has 2 fully saturated rings. The number of likely N-dealkylation sites (tertiary alicyclic amines) is 1. The van der Waals surface area contributed by atoms with Crippen LogP contribution in [0.25, 0.3) is 0 Å². The molecule has 0 aromatic heterocycles. The maximum atomic E-state index is 5.90. The van der Waals surface area contributed by atoms with Crippen molar-refractivity contribution >= 4 is 0 Å². The van der Waals surface area contributed by atoms with Gasteiger partial charge in [0.25, 0.3) is 0 Å². The second-order valence-corrected chi connectivity index (χ2v) is 5.87. The predicted molar refractivity (Wildman–Crippen MR) is 76.0 cm³/mol. The average Bonchev–Trinajstić information content (AvgIpc) is 2.44. The molecule has 18 heavy (non-hydrogen) atoms. The Bertz CT molecular complexity index is 217. The molecule has 3 nitrogen and oxygen atoms in total. The van der Waals surface area contributed by atoms with E-state index in [4.69, 9.17) is 4.74 Å². The molecule has 0 bridgehead atoms. The smallest absolute Gasteiger partial charge is 0.0702 e. The van der Waals surface area contributed by atoms with Crippen LogP contribution in [0.15, 0.2) is 0 Å². The van der Waals surface area contributed by atoms with Crippen molar-refractivity contribution in [1.29, 1.82) is 0 Å². The zero-order valence-electron chi connectivity index (χ0n) is 12.0. The van der Waals surface area contributed by atoms with E-state index in [1.165, 1.54) is 58.2 Å². The fourth-order valence-corrected chi connectivity index (χ4v) is 3.15. The van der Waals surface area contributed by atoms with Crippen LogP contribution < -0.4 is 5.32 Å². The molecule has 0 amide bonds. The van der Waals surface area contributed by atoms with Gasteiger partial charge in [-0.2, -0.15) is 0 Å². The Kier molecular flexibility index (Phi) is 6.46. The molecule has 2 saturated heterocycles. The molecule has 2 atom stereocenters. The lowest BCUT2D eigenvalue weighted by atomic mass is 10.0. The van der Waals surface area contributed by atoms with Gasteiger partial charge in [-0.3, -0.25) is 0 Å². The van der Waals surface area contributed by atoms with Crippen molar-refractivity contribution in [3.8, 4) is 0 Å². The summed E-state index contributed by atoms with van der Waals surface area (Å²) >= 11 is 0. The SMILES string of the molecule is CCCOC1CCCN(CCC2CCCCN2)C1. The summed E-state index contributed by atoms with van der Waals surface area (Å²) in [7, 11) is 0. The van der Waals surface area contributed by atoms with Crippen molar-refractivity contribution < 1.29 is 4.74 Å². The van der Waals surface area contributed by atoms with E-state index in [1.54, 1.807) is 0 Å². The van der Waals surface area contributed by atoms with Crippen LogP contribution in [0.4, 0.5) is 0 Å². The van der Waals surface area contributed by atoms with Gasteiger partial charge in [-0.15, -0.1) is 0 Å². The van der Waals surface area contributed by atoms with E-state index in [1.807, 2.05) is 0 Å². The molecule has 2 rings (SSSR count). The third kappa shape index (κ3) is 4.87. The third-order valence-corrected chi connectivity index (χ3v) is 4.23. The van der Waals surface area contributed by atoms with Crippen LogP contribution in [0.3, 0.4) is 0 Å². The first-order valence-electron chi connectivity index (χ1n) is 7.96. The molecule has 0 radical (unpaired) electrons. The van der Waals surface area contributed by atoms with Gasteiger partial charge in [0.05, 0.1) is 6.10 Å². The van der Waals surface area contributed by atoms with Gasteiger partial charge in [-0.05, 0) is 58.2 Å². The molecule has 1 N–H and O–H groups in total. The van der Waals surface area contributed by atoms with Crippen LogP contribution in [0.5, 0.6) is 0 Å². The minimum atomic E-state index is 0.498. The Labute approximate surface area is 112 Å². The maximum Gasteiger partial charge on any atom is 0.0702 e. The van der Waals surface area contributed by atoms with Crippen LogP contribution in [-0.4, -0.2) is 49.8 Å². The van der Waals surface area contributed by atoms with Gasteiger partial charge in [-0.25, -0.2) is 0 Å². The third-order valence-electron chi connectivity index (χ3n) is 4.23. The van der Waals surface area contributed by atoms with Gasteiger partial charge in [-0.1, -0.05) is 13.3 Å². The zero-order chi connectivity index (χ0) is 12.6. The number of piperidine rings is 2. The Balaban J connectivity index is 1.62. The minimum Gasteiger partial charge on any atom is -0.377 e. The summed E-state index contributed by atoms with van der Waals surface area (Å²) in [6.07, 6.45) is 9.70. The second kappa shape index (κ2) is 8.13. The molecule has 106 valence electrons. The van der Waals surface area contributed by atoms with Crippen molar-refractivity contribution in [3.63, 3.8) is 0 Å². The van der Waals surface area contributed by atoms with Gasteiger partial charge in [0, 0.05) is 19.2 Å². The second-order valence-electron chi connectivity index (χ2n) is 5.87. The minimum absolute atomic E-state index is 0.498. The summed E-state index contributed by atoms with van der Waals surface area (Å²) in [6.45, 7) is 8.04. The molecule has 2 aliphatic heterocycles. The lowest BCUT2D eigenvalue weighted by molar-refractivity contribution is -0.00101. The van der Waals surface area contributed by atoms with E-state index in [9.17, 15) is 0 Å². The van der Waals surface area contributed by atoms with Gasteiger partial charge < -0.3 is 15.0 Å². The highest BCUT2D eigenvalue weighted by Gasteiger charge is 2.21. The molecule has 2 heterocycles. The molecule has 3 heteroatoms. The average molecular weight is 254 g/mol. The molecule has 0 aromatic rings. The summed E-state index contributed by atoms with van der Waals surface area (Å²) < 4.78 is 5.90. The Morgan fingerprint density at radius 1 is 1.22 bits per heavy atom. The first kappa shape index (κ1) is 14.3. The summed E-state index contributed by atoms with van der Waals surface area (Å²) in [5.41, 5.74) is 0. The number of rotatable bonds is 6. The number of ether oxygens (including phenoxy) is 1. The van der Waals surface area contributed by atoms with Crippen LogP contribution in [0, 0.1) is 0 Å². The van der Waals surface area contributed by atoms with Crippen molar-refractivity contribution in [1.82, 2.24) is 10.2 Å². The monoisotopic (exact) mass is 254 g/mol. The summed E-state index contributed by atoms with van der Waals surface area (Å²) in [5, 5.41) is 3.65. The zero-order valence-corrected chi connectivity index (χ0v) is 12.0. The van der Waals surface area contributed by atoms with Crippen LogP contribution in [0.1, 0.15) is 51.9 Å². The Morgan fingerprint density at radius 2 is 2.17 bits per heavy atom. The first-order valence-corrected chi connectivity index (χ1v) is 7.96. The highest BCUT2D eigenvalue weighted by molar-refractivity contribution is 4.77. The summed E-state index contributed by atoms with van der Waals surface area (Å²) in [6, 6.07) is 0.774. The van der Waals surface area contributed by atoms with Gasteiger partial charge in [0.2, 0.25) is 0 Å². The van der Waals surface area contributed by atoms with E-state index in [0.717, 1.165) is 25.6 Å². The lowest BCUT2D eigenvalue weighted by Crippen LogP contribution is -2.43. The van der Waals surface area contributed by atoms with E-state index >= 15 is 0 Å². The van der Waals surface area contributed by atoms with Crippen molar-refractivity contribution in [3.05, 3.63) is 0 Å². The first-order chi connectivity index (χ1) is 8.88. The number of nitrogens with one attached hydrogen (secondary N) is 1. The van der Waals surface area contributed by atoms with Crippen LogP contribution in [-0.2, 0) is 4.74 Å². The standard InChI is InChI=1S/C15H30N2O/c1-2-12-18-15-7-5-10-17(13-15)11-8-14-6-3-4-9-16-14/h14-16H,2-13H2,1H3. The maximum absolute atomic E-state index is 5.90. The normalized spacial score (nSPS) is 30.5. The van der Waals surface area contributed by atoms with Crippen molar-refractivity contribution in [2.45, 2.75) is 64.0 Å². The van der Waals surface area contributed by atoms with E-state index < -0.39 is 0 Å². The number of nitrogens with zero attached hydrogens (tertiary/aromatic N) is 1. The summed E-state index contributed by atoms with van der Waals surface area (Å²) in [4.78, 5) is 2.61. The Morgan fingerprint density at radius 3 is 2.94 bits per heavy atom. The molecule has 0 spiro atoms. The fourth-order valence-electron chi connectivity index (χ4n) is 3.15. The number of hydrogen-bond donors (Lipinski definition) is 1. The molecular formula is C15H30N2O. The van der Waals surface area contributed by atoms with Crippen molar-refractivity contribution in [2.24, 2.45) is 0 Å². The highest BCUT2D eigenvalue weighted by Crippen LogP contribution is 2.16. The van der Waals surface area contributed by atoms with Gasteiger partial charge in [0.15, 0.2) is 0 Å². The lowest BCUT2D eigenvalue weighted by Gasteiger charge is -2.34.